The Kier molecular flexibility index (Phi) is 5.26. The summed E-state index contributed by atoms with van der Waals surface area (Å²) >= 11 is 0. The molecule has 0 N–H and O–H groups in total. The summed E-state index contributed by atoms with van der Waals surface area (Å²) in [6, 6.07) is 10.2. The van der Waals surface area contributed by atoms with Gasteiger partial charge in [0, 0.05) is 0 Å². The smallest absolute Gasteiger partial charge is 0.327 e. The number of hydrogen-bond donors (Lipinski definition) is 0. The summed E-state index contributed by atoms with van der Waals surface area (Å²) in [5.41, 5.74) is 1.13. The lowest BCUT2D eigenvalue weighted by atomic mass is 10.2. The van der Waals surface area contributed by atoms with Crippen molar-refractivity contribution in [1.82, 2.24) is 10.2 Å². The topological polar surface area (TPSA) is 116 Å². The van der Waals surface area contributed by atoms with Crippen LogP contribution in [-0.4, -0.2) is 37.4 Å². The number of aromatic nitrogens is 2. The van der Waals surface area contributed by atoms with Crippen molar-refractivity contribution in [2.24, 2.45) is 0 Å². The second-order valence-corrected chi connectivity index (χ2v) is 7.60. The molecule has 0 spiro atoms. The van der Waals surface area contributed by atoms with E-state index in [0.717, 1.165) is 16.1 Å². The molecule has 9 nitrogen and oxygen atoms in total. The van der Waals surface area contributed by atoms with Gasteiger partial charge in [-0.1, -0.05) is 18.2 Å². The van der Waals surface area contributed by atoms with Gasteiger partial charge in [-0.05, 0) is 30.7 Å². The minimum absolute atomic E-state index is 0.0662. The average Bonchev–Trinajstić information content (AvgIpc) is 3.29. The molecule has 0 aliphatic carbocycles. The summed E-state index contributed by atoms with van der Waals surface area (Å²) in [4.78, 5) is 12.2. The van der Waals surface area contributed by atoms with Gasteiger partial charge >= 0.3 is 5.97 Å². The highest BCUT2D eigenvalue weighted by molar-refractivity contribution is 7.92. The molecule has 0 fully saturated rings. The van der Waals surface area contributed by atoms with Crippen molar-refractivity contribution in [2.45, 2.75) is 13.5 Å². The molecule has 1 aromatic carbocycles. The summed E-state index contributed by atoms with van der Waals surface area (Å²) in [5.74, 6) is -0.135. The summed E-state index contributed by atoms with van der Waals surface area (Å²) in [6.07, 6.45) is 2.49. The molecule has 0 atom stereocenters. The monoisotopic (exact) mass is 391 g/mol. The number of carbonyl (C=O) groups is 1. The number of benzene rings is 1. The van der Waals surface area contributed by atoms with Crippen molar-refractivity contribution in [3.05, 3.63) is 54.1 Å². The predicted octanol–water partition coefficient (Wildman–Crippen LogP) is 2.15. The molecule has 3 aromatic rings. The van der Waals surface area contributed by atoms with Crippen LogP contribution in [0.1, 0.15) is 11.5 Å². The highest BCUT2D eigenvalue weighted by Gasteiger charge is 2.23. The van der Waals surface area contributed by atoms with Crippen LogP contribution in [0.2, 0.25) is 0 Å². The van der Waals surface area contributed by atoms with E-state index in [1.54, 1.807) is 43.3 Å². The summed E-state index contributed by atoms with van der Waals surface area (Å²) in [6.45, 7) is 1.01. The molecule has 142 valence electrons. The minimum Gasteiger partial charge on any atom is -0.459 e. The van der Waals surface area contributed by atoms with E-state index in [9.17, 15) is 13.2 Å². The zero-order valence-corrected chi connectivity index (χ0v) is 15.5. The molecule has 0 aliphatic rings. The number of carbonyl (C=O) groups excluding carboxylic acids is 1. The fraction of sp³-hybridized carbons (Fsp3) is 0.235. The Hall–Kier alpha value is -3.14. The number of hydrogen-bond acceptors (Lipinski definition) is 8. The second kappa shape index (κ2) is 7.62. The molecule has 10 heteroatoms. The number of para-hydroxylation sites is 1. The first kappa shape index (κ1) is 18.6. The van der Waals surface area contributed by atoms with Crippen molar-refractivity contribution in [3.63, 3.8) is 0 Å². The number of furan rings is 1. The number of rotatable bonds is 7. The standard InChI is InChI=1S/C17H17N3O6S/c1-12-6-3-4-7-13(12)20(27(2,22)23)10-16(21)25-11-15-18-19-17(26-15)14-8-5-9-24-14/h3-9H,10-11H2,1-2H3. The van der Waals surface area contributed by atoms with Crippen LogP contribution in [0.15, 0.2) is 51.5 Å². The van der Waals surface area contributed by atoms with Gasteiger partial charge in [-0.2, -0.15) is 0 Å². The molecule has 3 rings (SSSR count). The van der Waals surface area contributed by atoms with Gasteiger partial charge in [0.25, 0.3) is 11.8 Å². The molecule has 0 unspecified atom stereocenters. The van der Waals surface area contributed by atoms with Gasteiger partial charge in [0.1, 0.15) is 6.54 Å². The quantitative estimate of drug-likeness (QED) is 0.563. The van der Waals surface area contributed by atoms with Gasteiger partial charge in [0.05, 0.1) is 18.2 Å². The SMILES string of the molecule is Cc1ccccc1N(CC(=O)OCc1nnc(-c2ccco2)o1)S(C)(=O)=O. The van der Waals surface area contributed by atoms with E-state index >= 15 is 0 Å². The molecule has 0 amide bonds. The van der Waals surface area contributed by atoms with Crippen LogP contribution in [0.4, 0.5) is 5.69 Å². The fourth-order valence-electron chi connectivity index (χ4n) is 2.34. The number of aryl methyl sites for hydroxylation is 1. The van der Waals surface area contributed by atoms with Crippen LogP contribution >= 0.6 is 0 Å². The second-order valence-electron chi connectivity index (χ2n) is 5.70. The Morgan fingerprint density at radius 1 is 1.19 bits per heavy atom. The Bertz CT molecular complexity index is 1030. The normalized spacial score (nSPS) is 11.3. The van der Waals surface area contributed by atoms with E-state index in [1.165, 1.54) is 6.26 Å². The van der Waals surface area contributed by atoms with Gasteiger partial charge in [-0.25, -0.2) is 8.42 Å². The number of anilines is 1. The van der Waals surface area contributed by atoms with Crippen molar-refractivity contribution in [3.8, 4) is 11.7 Å². The van der Waals surface area contributed by atoms with Gasteiger partial charge in [0.2, 0.25) is 10.0 Å². The average molecular weight is 391 g/mol. The molecule has 2 heterocycles. The Labute approximate surface area is 155 Å². The molecule has 0 saturated carbocycles. The summed E-state index contributed by atoms with van der Waals surface area (Å²) < 4.78 is 40.7. The van der Waals surface area contributed by atoms with Gasteiger partial charge in [-0.3, -0.25) is 9.10 Å². The van der Waals surface area contributed by atoms with E-state index in [1.807, 2.05) is 0 Å². The lowest BCUT2D eigenvalue weighted by molar-refractivity contribution is -0.143. The third-order valence-electron chi connectivity index (χ3n) is 3.61. The Balaban J connectivity index is 1.66. The summed E-state index contributed by atoms with van der Waals surface area (Å²) in [7, 11) is -3.68. The number of sulfonamides is 1. The van der Waals surface area contributed by atoms with E-state index in [0.29, 0.717) is 11.4 Å². The molecular weight excluding hydrogens is 374 g/mol. The Morgan fingerprint density at radius 3 is 2.63 bits per heavy atom. The van der Waals surface area contributed by atoms with Crippen LogP contribution in [0.3, 0.4) is 0 Å². The first-order chi connectivity index (χ1) is 12.8. The molecule has 27 heavy (non-hydrogen) atoms. The summed E-state index contributed by atoms with van der Waals surface area (Å²) in [5, 5.41) is 7.55. The van der Waals surface area contributed by atoms with Gasteiger partial charge in [0.15, 0.2) is 12.4 Å². The van der Waals surface area contributed by atoms with Crippen LogP contribution in [0.5, 0.6) is 0 Å². The fourth-order valence-corrected chi connectivity index (χ4v) is 3.24. The molecule has 0 aliphatic heterocycles. The van der Waals surface area contributed by atoms with E-state index in [4.69, 9.17) is 13.6 Å². The number of nitrogens with zero attached hydrogens (tertiary/aromatic N) is 3. The third-order valence-corrected chi connectivity index (χ3v) is 4.74. The lowest BCUT2D eigenvalue weighted by Crippen LogP contribution is -2.36. The van der Waals surface area contributed by atoms with E-state index in [-0.39, 0.29) is 18.4 Å². The predicted molar refractivity (Wildman–Crippen MR) is 95.2 cm³/mol. The first-order valence-corrected chi connectivity index (χ1v) is 9.74. The molecule has 0 bridgehead atoms. The Morgan fingerprint density at radius 2 is 1.96 bits per heavy atom. The van der Waals surface area contributed by atoms with Crippen LogP contribution in [0, 0.1) is 6.92 Å². The van der Waals surface area contributed by atoms with Crippen molar-refractivity contribution >= 4 is 21.7 Å². The number of esters is 1. The molecular formula is C17H17N3O6S. The van der Waals surface area contributed by atoms with E-state index in [2.05, 4.69) is 10.2 Å². The molecule has 0 radical (unpaired) electrons. The zero-order valence-electron chi connectivity index (χ0n) is 14.7. The van der Waals surface area contributed by atoms with Crippen molar-refractivity contribution in [2.75, 3.05) is 17.1 Å². The maximum Gasteiger partial charge on any atom is 0.327 e. The minimum atomic E-state index is -3.68. The third kappa shape index (κ3) is 4.53. The maximum absolute atomic E-state index is 12.2. The van der Waals surface area contributed by atoms with E-state index < -0.39 is 22.5 Å². The van der Waals surface area contributed by atoms with Crippen LogP contribution in [0.25, 0.3) is 11.7 Å². The van der Waals surface area contributed by atoms with Crippen molar-refractivity contribution < 1.29 is 26.8 Å². The lowest BCUT2D eigenvalue weighted by Gasteiger charge is -2.22. The van der Waals surface area contributed by atoms with Gasteiger partial charge < -0.3 is 13.6 Å². The van der Waals surface area contributed by atoms with Crippen LogP contribution in [-0.2, 0) is 26.2 Å². The van der Waals surface area contributed by atoms with Crippen molar-refractivity contribution in [1.29, 1.82) is 0 Å². The number of ether oxygens (including phenoxy) is 1. The maximum atomic E-state index is 12.2. The highest BCUT2D eigenvalue weighted by atomic mass is 32.2. The molecule has 0 saturated heterocycles. The molecule has 2 aromatic heterocycles. The van der Waals surface area contributed by atoms with Crippen LogP contribution < -0.4 is 4.31 Å². The highest BCUT2D eigenvalue weighted by Crippen LogP contribution is 2.22. The van der Waals surface area contributed by atoms with Gasteiger partial charge in [-0.15, -0.1) is 10.2 Å². The zero-order chi connectivity index (χ0) is 19.4. The first-order valence-electron chi connectivity index (χ1n) is 7.90. The largest absolute Gasteiger partial charge is 0.459 e.